The second kappa shape index (κ2) is 8.74. The molecule has 0 unspecified atom stereocenters. The van der Waals surface area contributed by atoms with Gasteiger partial charge in [0.15, 0.2) is 5.13 Å². The summed E-state index contributed by atoms with van der Waals surface area (Å²) in [6, 6.07) is 7.48. The van der Waals surface area contributed by atoms with E-state index in [9.17, 15) is 14.4 Å². The topological polar surface area (TPSA) is 107 Å². The van der Waals surface area contributed by atoms with E-state index < -0.39 is 17.5 Å². The fraction of sp³-hybridized carbons (Fsp3) is 0.391. The lowest BCUT2D eigenvalue weighted by Crippen LogP contribution is -2.47. The molecule has 8 nitrogen and oxygen atoms in total. The molecule has 32 heavy (non-hydrogen) atoms. The number of urea groups is 1. The highest BCUT2D eigenvalue weighted by Gasteiger charge is 2.50. The van der Waals surface area contributed by atoms with Gasteiger partial charge in [-0.25, -0.2) is 9.78 Å². The van der Waals surface area contributed by atoms with E-state index >= 15 is 0 Å². The number of amides is 4. The van der Waals surface area contributed by atoms with Crippen molar-refractivity contribution >= 4 is 45.2 Å². The molecular weight excluding hydrogens is 426 g/mol. The molecule has 4 rings (SSSR count). The summed E-state index contributed by atoms with van der Waals surface area (Å²) >= 11 is 1.31. The molecule has 1 aliphatic heterocycles. The van der Waals surface area contributed by atoms with Crippen molar-refractivity contribution in [2.24, 2.45) is 0 Å². The predicted molar refractivity (Wildman–Crippen MR) is 126 cm³/mol. The second-order valence-electron chi connectivity index (χ2n) is 8.16. The van der Waals surface area contributed by atoms with Crippen LogP contribution in [0.5, 0.6) is 0 Å². The number of aryl methyl sites for hydroxylation is 1. The molecule has 3 aromatic rings. The minimum atomic E-state index is -0.901. The normalized spacial score (nSPS) is 15.4. The molecule has 0 radical (unpaired) electrons. The third-order valence-electron chi connectivity index (χ3n) is 5.80. The number of benzene rings is 1. The van der Waals surface area contributed by atoms with E-state index in [1.165, 1.54) is 11.3 Å². The molecular formula is C23H27N5O3S. The van der Waals surface area contributed by atoms with Gasteiger partial charge in [-0.2, -0.15) is 0 Å². The van der Waals surface area contributed by atoms with Crippen LogP contribution in [0.4, 0.5) is 9.93 Å². The first-order valence-electron chi connectivity index (χ1n) is 10.9. The third kappa shape index (κ3) is 3.88. The van der Waals surface area contributed by atoms with Crippen molar-refractivity contribution in [1.29, 1.82) is 0 Å². The van der Waals surface area contributed by atoms with Gasteiger partial charge in [0.1, 0.15) is 12.1 Å². The number of para-hydroxylation sites is 1. The van der Waals surface area contributed by atoms with Crippen LogP contribution in [0.25, 0.3) is 22.2 Å². The number of hydrogen-bond donors (Lipinski definition) is 3. The zero-order valence-electron chi connectivity index (χ0n) is 18.4. The number of fused-ring (bicyclic) bond motifs is 1. The van der Waals surface area contributed by atoms with Gasteiger partial charge in [0.25, 0.3) is 5.91 Å². The second-order valence-corrected chi connectivity index (χ2v) is 9.02. The van der Waals surface area contributed by atoms with Crippen molar-refractivity contribution in [2.75, 3.05) is 11.9 Å². The summed E-state index contributed by atoms with van der Waals surface area (Å²) in [6.45, 7) is 5.60. The largest absolute Gasteiger partial charge is 0.358 e. The van der Waals surface area contributed by atoms with Gasteiger partial charge < -0.3 is 15.6 Å². The number of carbonyl (C=O) groups is 3. The van der Waals surface area contributed by atoms with Crippen LogP contribution in [0.2, 0.25) is 0 Å². The highest BCUT2D eigenvalue weighted by atomic mass is 32.1. The monoisotopic (exact) mass is 453 g/mol. The van der Waals surface area contributed by atoms with Gasteiger partial charge in [-0.3, -0.25) is 14.5 Å². The zero-order valence-corrected chi connectivity index (χ0v) is 19.3. The van der Waals surface area contributed by atoms with Gasteiger partial charge in [0.05, 0.1) is 5.69 Å². The Morgan fingerprint density at radius 2 is 1.91 bits per heavy atom. The van der Waals surface area contributed by atoms with Crippen LogP contribution in [0.3, 0.4) is 0 Å². The number of hydrogen-bond acceptors (Lipinski definition) is 5. The summed E-state index contributed by atoms with van der Waals surface area (Å²) < 4.78 is 0. The molecule has 1 saturated heterocycles. The predicted octanol–water partition coefficient (Wildman–Crippen LogP) is 4.43. The Labute approximate surface area is 190 Å². The molecule has 3 heterocycles. The fourth-order valence-corrected chi connectivity index (χ4v) is 5.21. The SMILES string of the molecule is CCCC1(CCC)NC(=O)N(CC(=O)Nc2nc(-c3c(C)[nH]c4ccccc34)cs2)C1=O. The molecule has 0 aliphatic carbocycles. The summed E-state index contributed by atoms with van der Waals surface area (Å²) in [5.41, 5.74) is 2.88. The fourth-order valence-electron chi connectivity index (χ4n) is 4.49. The lowest BCUT2D eigenvalue weighted by molar-refractivity contribution is -0.134. The Bertz CT molecular complexity index is 1180. The van der Waals surface area contributed by atoms with E-state index in [1.807, 2.05) is 50.4 Å². The number of thiazole rings is 1. The number of aromatic nitrogens is 2. The van der Waals surface area contributed by atoms with Gasteiger partial charge >= 0.3 is 6.03 Å². The van der Waals surface area contributed by atoms with Gasteiger partial charge in [0.2, 0.25) is 5.91 Å². The summed E-state index contributed by atoms with van der Waals surface area (Å²) in [4.78, 5) is 47.0. The van der Waals surface area contributed by atoms with E-state index in [4.69, 9.17) is 0 Å². The van der Waals surface area contributed by atoms with Crippen LogP contribution in [-0.4, -0.2) is 44.8 Å². The third-order valence-corrected chi connectivity index (χ3v) is 6.56. The molecule has 3 N–H and O–H groups in total. The molecule has 168 valence electrons. The number of aromatic amines is 1. The molecule has 1 aromatic carbocycles. The summed E-state index contributed by atoms with van der Waals surface area (Å²) in [7, 11) is 0. The van der Waals surface area contributed by atoms with Crippen LogP contribution >= 0.6 is 11.3 Å². The Morgan fingerprint density at radius 1 is 1.19 bits per heavy atom. The van der Waals surface area contributed by atoms with Crippen molar-refractivity contribution < 1.29 is 14.4 Å². The van der Waals surface area contributed by atoms with Gasteiger partial charge in [-0.05, 0) is 25.8 Å². The van der Waals surface area contributed by atoms with E-state index in [0.717, 1.165) is 45.6 Å². The van der Waals surface area contributed by atoms with Crippen molar-refractivity contribution in [3.63, 3.8) is 0 Å². The van der Waals surface area contributed by atoms with Crippen LogP contribution in [0.15, 0.2) is 29.6 Å². The number of nitrogens with zero attached hydrogens (tertiary/aromatic N) is 2. The Kier molecular flexibility index (Phi) is 6.01. The van der Waals surface area contributed by atoms with Crippen LogP contribution in [0.1, 0.15) is 45.2 Å². The minimum Gasteiger partial charge on any atom is -0.358 e. The van der Waals surface area contributed by atoms with Crippen LogP contribution in [0, 0.1) is 6.92 Å². The maximum Gasteiger partial charge on any atom is 0.325 e. The quantitative estimate of drug-likeness (QED) is 0.439. The van der Waals surface area contributed by atoms with Gasteiger partial charge in [-0.15, -0.1) is 11.3 Å². The zero-order chi connectivity index (χ0) is 22.9. The molecule has 0 saturated carbocycles. The smallest absolute Gasteiger partial charge is 0.325 e. The van der Waals surface area contributed by atoms with E-state index in [1.54, 1.807) is 0 Å². The molecule has 1 aliphatic rings. The van der Waals surface area contributed by atoms with Crippen LogP contribution < -0.4 is 10.6 Å². The Hall–Kier alpha value is -3.20. The molecule has 1 fully saturated rings. The summed E-state index contributed by atoms with van der Waals surface area (Å²) in [5.74, 6) is -0.774. The Morgan fingerprint density at radius 3 is 2.62 bits per heavy atom. The molecule has 2 aromatic heterocycles. The van der Waals surface area contributed by atoms with E-state index in [0.29, 0.717) is 18.0 Å². The van der Waals surface area contributed by atoms with Crippen LogP contribution in [-0.2, 0) is 9.59 Å². The lowest BCUT2D eigenvalue weighted by Gasteiger charge is -2.25. The average molecular weight is 454 g/mol. The highest BCUT2D eigenvalue weighted by molar-refractivity contribution is 7.14. The maximum absolute atomic E-state index is 13.0. The highest BCUT2D eigenvalue weighted by Crippen LogP contribution is 2.34. The first kappa shape index (κ1) is 22.0. The van der Waals surface area contributed by atoms with Gasteiger partial charge in [-0.1, -0.05) is 44.9 Å². The minimum absolute atomic E-state index is 0.324. The van der Waals surface area contributed by atoms with E-state index in [-0.39, 0.29) is 12.5 Å². The molecule has 0 spiro atoms. The van der Waals surface area contributed by atoms with Crippen molar-refractivity contribution in [3.8, 4) is 11.3 Å². The molecule has 4 amide bonds. The number of imide groups is 1. The Balaban J connectivity index is 1.48. The average Bonchev–Trinajstić information content (AvgIpc) is 3.39. The standard InChI is InChI=1S/C23H27N5O3S/c1-4-10-23(11-5-2)20(30)28(22(31)27-23)12-18(29)26-21-25-17(13-32-21)19-14(3)24-16-9-7-6-8-15(16)19/h6-9,13,24H,4-5,10-12H2,1-3H3,(H,27,31)(H,25,26,29). The van der Waals surface area contributed by atoms with Gasteiger partial charge in [0, 0.05) is 27.5 Å². The number of carbonyl (C=O) groups excluding carboxylic acids is 3. The molecule has 0 atom stereocenters. The molecule has 0 bridgehead atoms. The number of anilines is 1. The van der Waals surface area contributed by atoms with Crippen molar-refractivity contribution in [2.45, 2.75) is 52.0 Å². The first-order chi connectivity index (χ1) is 15.4. The summed E-state index contributed by atoms with van der Waals surface area (Å²) in [6.07, 6.45) is 2.65. The summed E-state index contributed by atoms with van der Waals surface area (Å²) in [5, 5.41) is 8.94. The number of rotatable bonds is 8. The van der Waals surface area contributed by atoms with Crippen molar-refractivity contribution in [1.82, 2.24) is 20.2 Å². The lowest BCUT2D eigenvalue weighted by atomic mass is 9.88. The number of H-pyrrole nitrogens is 1. The van der Waals surface area contributed by atoms with E-state index in [2.05, 4.69) is 20.6 Å². The first-order valence-corrected chi connectivity index (χ1v) is 11.7. The van der Waals surface area contributed by atoms with Crippen molar-refractivity contribution in [3.05, 3.63) is 35.3 Å². The maximum atomic E-state index is 13.0. The number of nitrogens with one attached hydrogen (secondary N) is 3. The molecule has 9 heteroatoms.